The third-order valence-corrected chi connectivity index (χ3v) is 4.72. The zero-order chi connectivity index (χ0) is 20.3. The highest BCUT2D eigenvalue weighted by Gasteiger charge is 2.38. The van der Waals surface area contributed by atoms with Crippen LogP contribution in [0.15, 0.2) is 33.5 Å². The smallest absolute Gasteiger partial charge is 0.407 e. The molecule has 0 amide bonds. The monoisotopic (exact) mass is 402 g/mol. The number of hydrogen-bond donors (Lipinski definition) is 0. The van der Waals surface area contributed by atoms with Gasteiger partial charge in [-0.25, -0.2) is 9.78 Å². The Labute approximate surface area is 153 Å². The van der Waals surface area contributed by atoms with E-state index in [0.717, 1.165) is 6.07 Å². The van der Waals surface area contributed by atoms with E-state index in [2.05, 4.69) is 4.98 Å². The summed E-state index contributed by atoms with van der Waals surface area (Å²) in [5.74, 6) is -0.878. The number of fused-ring (bicyclic) bond motifs is 2. The van der Waals surface area contributed by atoms with Gasteiger partial charge in [0, 0.05) is 17.5 Å². The number of rotatable bonds is 1. The Kier molecular flexibility index (Phi) is 4.06. The SMILES string of the molecule is O=c1oc(-c2cc(C(F)(F)F)nc3c(C(F)(F)F)cccc23)c2n1CCCC2. The third-order valence-electron chi connectivity index (χ3n) is 4.72. The first-order chi connectivity index (χ1) is 13.1. The van der Waals surface area contributed by atoms with Crippen LogP contribution in [0.25, 0.3) is 22.2 Å². The Bertz CT molecular complexity index is 1120. The van der Waals surface area contributed by atoms with Crippen molar-refractivity contribution in [3.8, 4) is 11.3 Å². The summed E-state index contributed by atoms with van der Waals surface area (Å²) < 4.78 is 86.6. The van der Waals surface area contributed by atoms with Gasteiger partial charge < -0.3 is 4.42 Å². The van der Waals surface area contributed by atoms with Crippen molar-refractivity contribution in [1.82, 2.24) is 9.55 Å². The fourth-order valence-corrected chi connectivity index (χ4v) is 3.49. The number of halogens is 6. The maximum Gasteiger partial charge on any atom is 0.433 e. The molecule has 0 bridgehead atoms. The van der Waals surface area contributed by atoms with Crippen molar-refractivity contribution in [2.24, 2.45) is 0 Å². The van der Waals surface area contributed by atoms with E-state index >= 15 is 0 Å². The molecular weight excluding hydrogens is 390 g/mol. The average Bonchev–Trinajstić information content (AvgIpc) is 2.96. The molecular formula is C18H12F6N2O2. The Morgan fingerprint density at radius 2 is 1.79 bits per heavy atom. The Morgan fingerprint density at radius 1 is 1.04 bits per heavy atom. The molecule has 0 radical (unpaired) electrons. The van der Waals surface area contributed by atoms with Gasteiger partial charge in [0.15, 0.2) is 5.76 Å². The van der Waals surface area contributed by atoms with Crippen LogP contribution in [0.4, 0.5) is 26.3 Å². The summed E-state index contributed by atoms with van der Waals surface area (Å²) in [6.07, 6.45) is -8.09. The summed E-state index contributed by atoms with van der Waals surface area (Å²) in [6.45, 7) is 0.348. The fourth-order valence-electron chi connectivity index (χ4n) is 3.49. The van der Waals surface area contributed by atoms with Crippen molar-refractivity contribution in [3.63, 3.8) is 0 Å². The zero-order valence-electron chi connectivity index (χ0n) is 14.1. The Balaban J connectivity index is 2.11. The molecule has 0 saturated carbocycles. The maximum atomic E-state index is 13.4. The lowest BCUT2D eigenvalue weighted by Gasteiger charge is -2.16. The van der Waals surface area contributed by atoms with Crippen molar-refractivity contribution >= 4 is 10.9 Å². The van der Waals surface area contributed by atoms with Crippen molar-refractivity contribution in [3.05, 3.63) is 51.8 Å². The number of pyridine rings is 1. The molecule has 3 aromatic rings. The number of benzene rings is 1. The van der Waals surface area contributed by atoms with Crippen LogP contribution < -0.4 is 5.76 Å². The van der Waals surface area contributed by atoms with E-state index < -0.39 is 34.9 Å². The van der Waals surface area contributed by atoms with Crippen LogP contribution in [0.2, 0.25) is 0 Å². The van der Waals surface area contributed by atoms with Crippen LogP contribution in [0, 0.1) is 0 Å². The first kappa shape index (κ1) is 18.6. The van der Waals surface area contributed by atoms with Crippen LogP contribution in [0.3, 0.4) is 0 Å². The Hall–Kier alpha value is -2.78. The lowest BCUT2D eigenvalue weighted by Crippen LogP contribution is -2.20. The van der Waals surface area contributed by atoms with E-state index in [1.54, 1.807) is 0 Å². The largest absolute Gasteiger partial charge is 0.433 e. The molecule has 4 nitrogen and oxygen atoms in total. The van der Waals surface area contributed by atoms with Crippen LogP contribution >= 0.6 is 0 Å². The molecule has 0 unspecified atom stereocenters. The lowest BCUT2D eigenvalue weighted by molar-refractivity contribution is -0.142. The average molecular weight is 402 g/mol. The first-order valence-corrected chi connectivity index (χ1v) is 8.38. The lowest BCUT2D eigenvalue weighted by atomic mass is 9.98. The van der Waals surface area contributed by atoms with Crippen LogP contribution in [0.5, 0.6) is 0 Å². The van der Waals surface area contributed by atoms with Gasteiger partial charge in [-0.15, -0.1) is 0 Å². The molecule has 1 aliphatic rings. The molecule has 0 N–H and O–H groups in total. The second kappa shape index (κ2) is 6.11. The normalized spacial score (nSPS) is 15.1. The molecule has 148 valence electrons. The van der Waals surface area contributed by atoms with Crippen LogP contribution in [-0.4, -0.2) is 9.55 Å². The molecule has 28 heavy (non-hydrogen) atoms. The van der Waals surface area contributed by atoms with Gasteiger partial charge in [-0.1, -0.05) is 12.1 Å². The van der Waals surface area contributed by atoms with Crippen LogP contribution in [0.1, 0.15) is 29.8 Å². The molecule has 4 rings (SSSR count). The topological polar surface area (TPSA) is 48.0 Å². The van der Waals surface area contributed by atoms with E-state index in [1.165, 1.54) is 10.6 Å². The highest BCUT2D eigenvalue weighted by atomic mass is 19.4. The minimum absolute atomic E-state index is 0.137. The molecule has 0 atom stereocenters. The second-order valence-electron chi connectivity index (χ2n) is 6.50. The molecule has 10 heteroatoms. The van der Waals surface area contributed by atoms with E-state index in [0.29, 0.717) is 43.6 Å². The van der Waals surface area contributed by atoms with Gasteiger partial charge in [0.1, 0.15) is 5.69 Å². The second-order valence-corrected chi connectivity index (χ2v) is 6.50. The van der Waals surface area contributed by atoms with Gasteiger partial charge in [0.2, 0.25) is 0 Å². The number of aromatic nitrogens is 2. The highest BCUT2D eigenvalue weighted by molar-refractivity contribution is 5.95. The van der Waals surface area contributed by atoms with Crippen molar-refractivity contribution < 1.29 is 30.8 Å². The van der Waals surface area contributed by atoms with Gasteiger partial charge in [0.25, 0.3) is 0 Å². The molecule has 0 saturated heterocycles. The molecule has 1 aliphatic heterocycles. The number of alkyl halides is 6. The Morgan fingerprint density at radius 3 is 2.46 bits per heavy atom. The summed E-state index contributed by atoms with van der Waals surface area (Å²) in [7, 11) is 0. The van der Waals surface area contributed by atoms with E-state index in [4.69, 9.17) is 4.42 Å². The summed E-state index contributed by atoms with van der Waals surface area (Å²) in [5.41, 5.74) is -3.44. The maximum absolute atomic E-state index is 13.4. The van der Waals surface area contributed by atoms with Crippen molar-refractivity contribution in [1.29, 1.82) is 0 Å². The van der Waals surface area contributed by atoms with E-state index in [-0.39, 0.29) is 16.7 Å². The molecule has 2 aromatic heterocycles. The molecule has 0 fully saturated rings. The highest BCUT2D eigenvalue weighted by Crippen LogP contribution is 2.41. The number of hydrogen-bond acceptors (Lipinski definition) is 3. The number of nitrogens with zero attached hydrogens (tertiary/aromatic N) is 2. The summed E-state index contributed by atoms with van der Waals surface area (Å²) in [4.78, 5) is 15.3. The zero-order valence-corrected chi connectivity index (χ0v) is 14.1. The van der Waals surface area contributed by atoms with Crippen LogP contribution in [-0.2, 0) is 25.3 Å². The fraction of sp³-hybridized carbons (Fsp3) is 0.333. The third kappa shape index (κ3) is 2.96. The van der Waals surface area contributed by atoms with E-state index in [9.17, 15) is 31.1 Å². The van der Waals surface area contributed by atoms with Crippen molar-refractivity contribution in [2.45, 2.75) is 38.2 Å². The molecule has 0 spiro atoms. The predicted octanol–water partition coefficient (Wildman–Crippen LogP) is 5.03. The predicted molar refractivity (Wildman–Crippen MR) is 86.6 cm³/mol. The molecule has 1 aromatic carbocycles. The summed E-state index contributed by atoms with van der Waals surface area (Å²) >= 11 is 0. The molecule has 3 heterocycles. The first-order valence-electron chi connectivity index (χ1n) is 8.38. The summed E-state index contributed by atoms with van der Waals surface area (Å²) in [5, 5.41) is -0.162. The van der Waals surface area contributed by atoms with Gasteiger partial charge in [-0.3, -0.25) is 4.57 Å². The quantitative estimate of drug-likeness (QED) is 0.537. The van der Waals surface area contributed by atoms with Gasteiger partial charge >= 0.3 is 18.1 Å². The number of para-hydroxylation sites is 1. The summed E-state index contributed by atoms with van der Waals surface area (Å²) in [6, 6.07) is 3.63. The minimum Gasteiger partial charge on any atom is -0.407 e. The number of oxazole rings is 1. The van der Waals surface area contributed by atoms with Crippen molar-refractivity contribution in [2.75, 3.05) is 0 Å². The van der Waals surface area contributed by atoms with Gasteiger partial charge in [0.05, 0.1) is 16.8 Å². The molecule has 0 aliphatic carbocycles. The van der Waals surface area contributed by atoms with Gasteiger partial charge in [-0.2, -0.15) is 26.3 Å². The van der Waals surface area contributed by atoms with Gasteiger partial charge in [-0.05, 0) is 31.4 Å². The van der Waals surface area contributed by atoms with E-state index in [1.807, 2.05) is 0 Å². The standard InChI is InChI=1S/C18H12F6N2O2/c19-17(20,21)11-5-3-4-9-10(8-13(18(22,23)24)25-14(9)11)15-12-6-1-2-7-26(12)16(27)28-15/h3-5,8H,1-2,6-7H2. The minimum atomic E-state index is -4.97.